The number of ether oxygens (including phenoxy) is 2. The summed E-state index contributed by atoms with van der Waals surface area (Å²) in [6.45, 7) is 3.23. The Morgan fingerprint density at radius 1 is 1.47 bits per heavy atom. The summed E-state index contributed by atoms with van der Waals surface area (Å²) in [5.74, 6) is -0.599. The zero-order chi connectivity index (χ0) is 12.8. The molecule has 4 heteroatoms. The van der Waals surface area contributed by atoms with Gasteiger partial charge in [0, 0.05) is 6.42 Å². The standard InChI is InChI=1S/C13H16O4/c1-4-5-6-7-8-10-12(15)11(9(2)14)13(16-3)17-10/h4-7,10H,8H2,1-3H3/b5-4+,7-6+/t10-/m1/s1. The molecule has 4 nitrogen and oxygen atoms in total. The first-order valence-corrected chi connectivity index (χ1v) is 5.39. The molecule has 0 aromatic rings. The molecule has 0 spiro atoms. The molecule has 0 saturated carbocycles. The molecule has 0 aliphatic carbocycles. The topological polar surface area (TPSA) is 52.6 Å². The largest absolute Gasteiger partial charge is 0.468 e. The highest BCUT2D eigenvalue weighted by Gasteiger charge is 2.37. The van der Waals surface area contributed by atoms with Crippen LogP contribution in [0.4, 0.5) is 0 Å². The minimum absolute atomic E-state index is 0.0249. The van der Waals surface area contributed by atoms with Gasteiger partial charge in [0.05, 0.1) is 7.11 Å². The fourth-order valence-corrected chi connectivity index (χ4v) is 1.52. The van der Waals surface area contributed by atoms with Gasteiger partial charge < -0.3 is 9.47 Å². The minimum Gasteiger partial charge on any atom is -0.468 e. The molecule has 0 aromatic carbocycles. The molecular weight excluding hydrogens is 220 g/mol. The van der Waals surface area contributed by atoms with E-state index in [0.29, 0.717) is 6.42 Å². The minimum atomic E-state index is -0.648. The highest BCUT2D eigenvalue weighted by atomic mass is 16.7. The van der Waals surface area contributed by atoms with Crippen molar-refractivity contribution in [3.05, 3.63) is 35.8 Å². The van der Waals surface area contributed by atoms with Gasteiger partial charge in [0.2, 0.25) is 5.78 Å². The lowest BCUT2D eigenvalue weighted by atomic mass is 10.0. The van der Waals surface area contributed by atoms with Gasteiger partial charge in [-0.05, 0) is 13.8 Å². The number of carbonyl (C=O) groups excluding carboxylic acids is 2. The first-order chi connectivity index (χ1) is 8.11. The second kappa shape index (κ2) is 6.03. The number of carbonyl (C=O) groups is 2. The van der Waals surface area contributed by atoms with Crippen molar-refractivity contribution in [2.75, 3.05) is 7.11 Å². The molecule has 1 aliphatic rings. The van der Waals surface area contributed by atoms with Crippen LogP contribution in [0.25, 0.3) is 0 Å². The van der Waals surface area contributed by atoms with Crippen LogP contribution in [0.5, 0.6) is 0 Å². The molecule has 0 amide bonds. The molecule has 1 aliphatic heterocycles. The number of allylic oxidation sites excluding steroid dienone is 3. The average Bonchev–Trinajstić information content (AvgIpc) is 2.61. The Kier molecular flexibility index (Phi) is 4.69. The predicted octanol–water partition coefficient (Wildman–Crippen LogP) is 1.92. The second-order valence-corrected chi connectivity index (χ2v) is 3.58. The van der Waals surface area contributed by atoms with E-state index in [-0.39, 0.29) is 23.1 Å². The summed E-state index contributed by atoms with van der Waals surface area (Å²) in [4.78, 5) is 23.1. The average molecular weight is 236 g/mol. The van der Waals surface area contributed by atoms with Gasteiger partial charge in [-0.2, -0.15) is 0 Å². The second-order valence-electron chi connectivity index (χ2n) is 3.58. The summed E-state index contributed by atoms with van der Waals surface area (Å²) >= 11 is 0. The summed E-state index contributed by atoms with van der Waals surface area (Å²) in [5.41, 5.74) is 0.0249. The van der Waals surface area contributed by atoms with Gasteiger partial charge in [-0.1, -0.05) is 24.3 Å². The van der Waals surface area contributed by atoms with Gasteiger partial charge in [0.25, 0.3) is 5.95 Å². The Bertz CT molecular complexity index is 402. The van der Waals surface area contributed by atoms with E-state index in [2.05, 4.69) is 0 Å². The van der Waals surface area contributed by atoms with Crippen LogP contribution in [0.15, 0.2) is 35.8 Å². The van der Waals surface area contributed by atoms with Gasteiger partial charge in [0.1, 0.15) is 5.57 Å². The molecule has 92 valence electrons. The van der Waals surface area contributed by atoms with Crippen molar-refractivity contribution in [1.29, 1.82) is 0 Å². The van der Waals surface area contributed by atoms with Gasteiger partial charge in [-0.25, -0.2) is 0 Å². The molecule has 0 fully saturated rings. The van der Waals surface area contributed by atoms with Crippen LogP contribution >= 0.6 is 0 Å². The zero-order valence-corrected chi connectivity index (χ0v) is 10.2. The molecule has 0 unspecified atom stereocenters. The van der Waals surface area contributed by atoms with Crippen LogP contribution in [0, 0.1) is 0 Å². The Balaban J connectivity index is 2.72. The van der Waals surface area contributed by atoms with E-state index < -0.39 is 6.10 Å². The fourth-order valence-electron chi connectivity index (χ4n) is 1.52. The van der Waals surface area contributed by atoms with Crippen LogP contribution in [0.1, 0.15) is 20.3 Å². The third kappa shape index (κ3) is 3.06. The summed E-state index contributed by atoms with van der Waals surface area (Å²) in [6, 6.07) is 0. The van der Waals surface area contributed by atoms with Crippen molar-refractivity contribution >= 4 is 11.6 Å². The van der Waals surface area contributed by atoms with Crippen molar-refractivity contribution in [3.8, 4) is 0 Å². The number of hydrogen-bond donors (Lipinski definition) is 0. The van der Waals surface area contributed by atoms with Crippen molar-refractivity contribution in [1.82, 2.24) is 0 Å². The first kappa shape index (κ1) is 13.2. The maximum Gasteiger partial charge on any atom is 0.294 e. The monoisotopic (exact) mass is 236 g/mol. The zero-order valence-electron chi connectivity index (χ0n) is 10.2. The number of rotatable bonds is 5. The van der Waals surface area contributed by atoms with E-state index in [4.69, 9.17) is 9.47 Å². The third-order valence-electron chi connectivity index (χ3n) is 2.32. The molecule has 0 radical (unpaired) electrons. The molecule has 0 bridgehead atoms. The summed E-state index contributed by atoms with van der Waals surface area (Å²) < 4.78 is 10.2. The predicted molar refractivity (Wildman–Crippen MR) is 63.2 cm³/mol. The summed E-state index contributed by atoms with van der Waals surface area (Å²) in [7, 11) is 1.38. The lowest BCUT2D eigenvalue weighted by Gasteiger charge is -2.07. The smallest absolute Gasteiger partial charge is 0.294 e. The number of ketones is 2. The molecule has 0 N–H and O–H groups in total. The van der Waals surface area contributed by atoms with Crippen molar-refractivity contribution in [2.24, 2.45) is 0 Å². The first-order valence-electron chi connectivity index (χ1n) is 5.39. The molecular formula is C13H16O4. The van der Waals surface area contributed by atoms with E-state index >= 15 is 0 Å². The summed E-state index contributed by atoms with van der Waals surface area (Å²) in [6.07, 6.45) is 7.16. The van der Waals surface area contributed by atoms with E-state index in [1.807, 2.05) is 31.2 Å². The quantitative estimate of drug-likeness (QED) is 0.540. The lowest BCUT2D eigenvalue weighted by Crippen LogP contribution is -2.19. The molecule has 0 saturated heterocycles. The van der Waals surface area contributed by atoms with E-state index in [1.54, 1.807) is 0 Å². The Labute approximate surface area is 101 Å². The molecule has 0 aromatic heterocycles. The van der Waals surface area contributed by atoms with Crippen molar-refractivity contribution in [2.45, 2.75) is 26.4 Å². The highest BCUT2D eigenvalue weighted by molar-refractivity contribution is 6.22. The Hall–Kier alpha value is -1.84. The van der Waals surface area contributed by atoms with Gasteiger partial charge in [-0.15, -0.1) is 0 Å². The van der Waals surface area contributed by atoms with Gasteiger partial charge in [0.15, 0.2) is 11.9 Å². The third-order valence-corrected chi connectivity index (χ3v) is 2.32. The van der Waals surface area contributed by atoms with E-state index in [0.717, 1.165) is 0 Å². The van der Waals surface area contributed by atoms with Crippen LogP contribution in [0.3, 0.4) is 0 Å². The lowest BCUT2D eigenvalue weighted by molar-refractivity contribution is -0.124. The van der Waals surface area contributed by atoms with Crippen molar-refractivity contribution in [3.63, 3.8) is 0 Å². The summed E-state index contributed by atoms with van der Waals surface area (Å²) in [5, 5.41) is 0. The Morgan fingerprint density at radius 3 is 2.65 bits per heavy atom. The molecule has 1 heterocycles. The molecule has 1 rings (SSSR count). The van der Waals surface area contributed by atoms with Crippen molar-refractivity contribution < 1.29 is 19.1 Å². The van der Waals surface area contributed by atoms with Crippen LogP contribution in [0.2, 0.25) is 0 Å². The normalized spacial score (nSPS) is 20.4. The Morgan fingerprint density at radius 2 is 2.18 bits per heavy atom. The van der Waals surface area contributed by atoms with E-state index in [1.165, 1.54) is 14.0 Å². The van der Waals surface area contributed by atoms with E-state index in [9.17, 15) is 9.59 Å². The van der Waals surface area contributed by atoms with Gasteiger partial charge in [-0.3, -0.25) is 9.59 Å². The van der Waals surface area contributed by atoms with Crippen LogP contribution < -0.4 is 0 Å². The molecule has 17 heavy (non-hydrogen) atoms. The number of hydrogen-bond acceptors (Lipinski definition) is 4. The maximum atomic E-state index is 11.8. The van der Waals surface area contributed by atoms with Crippen LogP contribution in [-0.2, 0) is 19.1 Å². The number of Topliss-reactive ketones (excluding diaryl/α,β-unsaturated/α-hetero) is 2. The molecule has 1 atom stereocenters. The van der Waals surface area contributed by atoms with Crippen LogP contribution in [-0.4, -0.2) is 24.8 Å². The SMILES string of the molecule is C/C=C/C=C/C[C@H]1OC(OC)=C(C(C)=O)C1=O. The fraction of sp³-hybridized carbons (Fsp3) is 0.385. The number of methoxy groups -OCH3 is 1. The van der Waals surface area contributed by atoms with Gasteiger partial charge >= 0.3 is 0 Å². The maximum absolute atomic E-state index is 11.8. The highest BCUT2D eigenvalue weighted by Crippen LogP contribution is 2.25.